The maximum atomic E-state index is 13.5. The predicted octanol–water partition coefficient (Wildman–Crippen LogP) is 4.30. The van der Waals surface area contributed by atoms with Crippen molar-refractivity contribution < 1.29 is 14.3 Å². The molecular formula is C27H22N6O3S. The van der Waals surface area contributed by atoms with Crippen LogP contribution in [0.3, 0.4) is 0 Å². The maximum absolute atomic E-state index is 13.5. The molecular weight excluding hydrogens is 488 g/mol. The Morgan fingerprint density at radius 2 is 2.03 bits per heavy atom. The van der Waals surface area contributed by atoms with Crippen molar-refractivity contribution in [3.8, 4) is 28.7 Å². The van der Waals surface area contributed by atoms with Crippen LogP contribution in [0.5, 0.6) is 5.75 Å². The molecule has 4 aromatic rings. The molecule has 6 rings (SSSR count). The number of benzene rings is 1. The molecule has 2 fully saturated rings. The molecule has 0 unspecified atom stereocenters. The SMILES string of the molecule is COc1ccccc1-c1cc(N2CCCC2=O)ncc1C(=O)Nc1nc2ncc(C#CC3CC3)nc2s1. The molecule has 2 aliphatic rings. The second-order valence-electron chi connectivity index (χ2n) is 8.84. The Labute approximate surface area is 216 Å². The third-order valence-electron chi connectivity index (χ3n) is 6.21. The normalized spacial score (nSPS) is 14.9. The number of hydrogen-bond donors (Lipinski definition) is 1. The minimum atomic E-state index is -0.388. The molecule has 1 aliphatic carbocycles. The molecule has 9 nitrogen and oxygen atoms in total. The highest BCUT2D eigenvalue weighted by molar-refractivity contribution is 7.21. The molecule has 2 amide bonds. The molecule has 0 atom stereocenters. The highest BCUT2D eigenvalue weighted by Crippen LogP contribution is 2.35. The average Bonchev–Trinajstić information content (AvgIpc) is 3.52. The van der Waals surface area contributed by atoms with Crippen molar-refractivity contribution in [1.82, 2.24) is 19.9 Å². The Kier molecular flexibility index (Phi) is 5.98. The fourth-order valence-electron chi connectivity index (χ4n) is 4.16. The molecule has 0 spiro atoms. The quantitative estimate of drug-likeness (QED) is 0.399. The zero-order valence-electron chi connectivity index (χ0n) is 20.0. The average molecular weight is 511 g/mol. The Morgan fingerprint density at radius 3 is 2.81 bits per heavy atom. The second kappa shape index (κ2) is 9.59. The third-order valence-corrected chi connectivity index (χ3v) is 7.06. The Hall–Kier alpha value is -4.36. The number of pyridine rings is 1. The Morgan fingerprint density at radius 1 is 1.16 bits per heavy atom. The summed E-state index contributed by atoms with van der Waals surface area (Å²) in [6.45, 7) is 0.599. The summed E-state index contributed by atoms with van der Waals surface area (Å²) in [4.78, 5) is 45.8. The summed E-state index contributed by atoms with van der Waals surface area (Å²) in [5.41, 5.74) is 2.70. The lowest BCUT2D eigenvalue weighted by Gasteiger charge is -2.18. The van der Waals surface area contributed by atoms with Crippen LogP contribution < -0.4 is 15.0 Å². The number of ether oxygens (including phenoxy) is 1. The summed E-state index contributed by atoms with van der Waals surface area (Å²) in [7, 11) is 1.58. The number of para-hydroxylation sites is 1. The van der Waals surface area contributed by atoms with Crippen LogP contribution in [-0.4, -0.2) is 45.4 Å². The van der Waals surface area contributed by atoms with Crippen molar-refractivity contribution in [2.45, 2.75) is 25.7 Å². The standard InChI is InChI=1S/C27H22N6O3S/c1-36-21-6-3-2-5-18(21)19-13-22(33-12-4-7-23(33)34)28-15-20(19)25(35)32-27-31-24-26(37-27)30-17(14-29-24)11-10-16-8-9-16/h2-3,5-6,13-16H,4,7-9,12H2,1H3,(H,29,31,32,35). The Balaban J connectivity index is 1.34. The van der Waals surface area contributed by atoms with Crippen LogP contribution in [0.2, 0.25) is 0 Å². The monoisotopic (exact) mass is 510 g/mol. The number of rotatable bonds is 5. The van der Waals surface area contributed by atoms with E-state index in [9.17, 15) is 9.59 Å². The first-order chi connectivity index (χ1) is 18.1. The molecule has 1 aliphatic heterocycles. The van der Waals surface area contributed by atoms with Crippen LogP contribution in [0.25, 0.3) is 21.6 Å². The van der Waals surface area contributed by atoms with Crippen LogP contribution >= 0.6 is 11.3 Å². The number of carbonyl (C=O) groups excluding carboxylic acids is 2. The van der Waals surface area contributed by atoms with E-state index in [0.717, 1.165) is 24.8 Å². The van der Waals surface area contributed by atoms with Crippen molar-refractivity contribution in [1.29, 1.82) is 0 Å². The highest BCUT2D eigenvalue weighted by atomic mass is 32.1. The van der Waals surface area contributed by atoms with Gasteiger partial charge < -0.3 is 4.74 Å². The van der Waals surface area contributed by atoms with Gasteiger partial charge in [-0.15, -0.1) is 0 Å². The van der Waals surface area contributed by atoms with E-state index in [1.54, 1.807) is 24.3 Å². The number of methoxy groups -OCH3 is 1. The van der Waals surface area contributed by atoms with Crippen LogP contribution in [0, 0.1) is 17.8 Å². The summed E-state index contributed by atoms with van der Waals surface area (Å²) in [6, 6.07) is 9.19. The van der Waals surface area contributed by atoms with E-state index in [2.05, 4.69) is 37.1 Å². The van der Waals surface area contributed by atoms with Gasteiger partial charge in [0, 0.05) is 36.2 Å². The van der Waals surface area contributed by atoms with Gasteiger partial charge in [-0.1, -0.05) is 35.5 Å². The number of carbonyl (C=O) groups is 2. The van der Waals surface area contributed by atoms with Gasteiger partial charge in [-0.2, -0.15) is 4.98 Å². The van der Waals surface area contributed by atoms with E-state index in [0.29, 0.717) is 62.9 Å². The molecule has 1 saturated heterocycles. The summed E-state index contributed by atoms with van der Waals surface area (Å²) in [5, 5.41) is 3.24. The van der Waals surface area contributed by atoms with Gasteiger partial charge in [-0.05, 0) is 37.3 Å². The number of anilines is 2. The van der Waals surface area contributed by atoms with E-state index in [1.165, 1.54) is 17.5 Å². The zero-order valence-corrected chi connectivity index (χ0v) is 20.8. The van der Waals surface area contributed by atoms with E-state index in [4.69, 9.17) is 4.74 Å². The van der Waals surface area contributed by atoms with Crippen LogP contribution in [0.1, 0.15) is 41.7 Å². The van der Waals surface area contributed by atoms with E-state index >= 15 is 0 Å². The first-order valence-electron chi connectivity index (χ1n) is 12.0. The fourth-order valence-corrected chi connectivity index (χ4v) is 4.95. The minimum absolute atomic E-state index is 0.0198. The maximum Gasteiger partial charge on any atom is 0.259 e. The lowest BCUT2D eigenvalue weighted by molar-refractivity contribution is -0.117. The van der Waals surface area contributed by atoms with Crippen molar-refractivity contribution in [2.75, 3.05) is 23.9 Å². The molecule has 1 N–H and O–H groups in total. The molecule has 37 heavy (non-hydrogen) atoms. The number of fused-ring (bicyclic) bond motifs is 1. The molecule has 184 valence electrons. The minimum Gasteiger partial charge on any atom is -0.496 e. The summed E-state index contributed by atoms with van der Waals surface area (Å²) in [5.74, 6) is 7.45. The topological polar surface area (TPSA) is 110 Å². The lowest BCUT2D eigenvalue weighted by atomic mass is 9.99. The number of aromatic nitrogens is 4. The van der Waals surface area contributed by atoms with Gasteiger partial charge in [-0.25, -0.2) is 15.0 Å². The molecule has 4 heterocycles. The largest absolute Gasteiger partial charge is 0.496 e. The highest BCUT2D eigenvalue weighted by Gasteiger charge is 2.26. The van der Waals surface area contributed by atoms with E-state index in [-0.39, 0.29) is 11.8 Å². The van der Waals surface area contributed by atoms with E-state index < -0.39 is 0 Å². The first-order valence-corrected chi connectivity index (χ1v) is 12.8. The molecule has 10 heteroatoms. The summed E-state index contributed by atoms with van der Waals surface area (Å²) < 4.78 is 5.56. The van der Waals surface area contributed by atoms with Gasteiger partial charge in [-0.3, -0.25) is 19.8 Å². The molecule has 1 aromatic carbocycles. The Bertz CT molecular complexity index is 1600. The molecule has 1 saturated carbocycles. The number of nitrogens with one attached hydrogen (secondary N) is 1. The number of hydrogen-bond acceptors (Lipinski definition) is 8. The molecule has 0 radical (unpaired) electrons. The fraction of sp³-hybridized carbons (Fsp3) is 0.259. The summed E-state index contributed by atoms with van der Waals surface area (Å²) >= 11 is 1.24. The third kappa shape index (κ3) is 4.73. The molecule has 0 bridgehead atoms. The van der Waals surface area contributed by atoms with Gasteiger partial charge in [0.15, 0.2) is 15.6 Å². The van der Waals surface area contributed by atoms with E-state index in [1.807, 2.05) is 24.3 Å². The zero-order chi connectivity index (χ0) is 25.4. The smallest absolute Gasteiger partial charge is 0.259 e. The van der Waals surface area contributed by atoms with Crippen molar-refractivity contribution in [3.05, 3.63) is 54.0 Å². The molecule has 3 aromatic heterocycles. The van der Waals surface area contributed by atoms with Gasteiger partial charge in [0.05, 0.1) is 18.9 Å². The van der Waals surface area contributed by atoms with Gasteiger partial charge in [0.25, 0.3) is 5.91 Å². The van der Waals surface area contributed by atoms with Gasteiger partial charge >= 0.3 is 0 Å². The van der Waals surface area contributed by atoms with Gasteiger partial charge in [0.1, 0.15) is 17.3 Å². The second-order valence-corrected chi connectivity index (χ2v) is 9.82. The van der Waals surface area contributed by atoms with Crippen molar-refractivity contribution in [2.24, 2.45) is 5.92 Å². The number of amides is 2. The number of thiazole rings is 1. The van der Waals surface area contributed by atoms with Crippen LogP contribution in [0.15, 0.2) is 42.7 Å². The van der Waals surface area contributed by atoms with Crippen LogP contribution in [-0.2, 0) is 4.79 Å². The first kappa shape index (κ1) is 23.1. The predicted molar refractivity (Wildman–Crippen MR) is 141 cm³/mol. The van der Waals surface area contributed by atoms with Crippen molar-refractivity contribution >= 4 is 44.6 Å². The van der Waals surface area contributed by atoms with Crippen LogP contribution in [0.4, 0.5) is 10.9 Å². The number of nitrogens with zero attached hydrogens (tertiary/aromatic N) is 5. The van der Waals surface area contributed by atoms with Gasteiger partial charge in [0.2, 0.25) is 5.91 Å². The lowest BCUT2D eigenvalue weighted by Crippen LogP contribution is -2.25. The summed E-state index contributed by atoms with van der Waals surface area (Å²) in [6.07, 6.45) is 6.64. The van der Waals surface area contributed by atoms with Crippen molar-refractivity contribution in [3.63, 3.8) is 0 Å².